The summed E-state index contributed by atoms with van der Waals surface area (Å²) in [6.45, 7) is 0. The first-order valence-corrected chi connectivity index (χ1v) is 4.96. The number of nitrogens with zero attached hydrogens (tertiary/aromatic N) is 1. The molecule has 0 fully saturated rings. The molecular weight excluding hydrogens is 202 g/mol. The predicted molar refractivity (Wildman–Crippen MR) is 48.7 cm³/mol. The zero-order valence-electron chi connectivity index (χ0n) is 6.93. The molecule has 4 nitrogen and oxygen atoms in total. The Balaban J connectivity index is 3.09. The Bertz CT molecular complexity index is 526. The standard InChI is InChI=1S/C9H5NO3S/c10-7-1-2-8-3-5-9(6-4-8)14(11,12)13/h3-6H,(H,11,12,13). The summed E-state index contributed by atoms with van der Waals surface area (Å²) in [4.78, 5) is -0.194. The van der Waals surface area contributed by atoms with Crippen LogP contribution in [0.15, 0.2) is 29.2 Å². The molecule has 1 aromatic rings. The monoisotopic (exact) mass is 207 g/mol. The summed E-state index contributed by atoms with van der Waals surface area (Å²) >= 11 is 0. The van der Waals surface area contributed by atoms with Crippen LogP contribution in [0.4, 0.5) is 0 Å². The van der Waals surface area contributed by atoms with Gasteiger partial charge in [0.05, 0.1) is 4.90 Å². The van der Waals surface area contributed by atoms with Crippen molar-refractivity contribution in [2.24, 2.45) is 0 Å². The van der Waals surface area contributed by atoms with Crippen LogP contribution in [-0.4, -0.2) is 13.0 Å². The highest BCUT2D eigenvalue weighted by atomic mass is 32.2. The maximum absolute atomic E-state index is 10.6. The van der Waals surface area contributed by atoms with Crippen LogP contribution in [-0.2, 0) is 10.1 Å². The predicted octanol–water partition coefficient (Wildman–Crippen LogP) is 0.808. The van der Waals surface area contributed by atoms with Crippen molar-refractivity contribution in [1.82, 2.24) is 0 Å². The molecule has 0 aromatic heterocycles. The van der Waals surface area contributed by atoms with E-state index in [1.807, 2.05) is 0 Å². The molecule has 1 N–H and O–H groups in total. The summed E-state index contributed by atoms with van der Waals surface area (Å²) in [5.41, 5.74) is 0.513. The summed E-state index contributed by atoms with van der Waals surface area (Å²) in [5.74, 6) is 4.65. The van der Waals surface area contributed by atoms with Gasteiger partial charge in [-0.25, -0.2) is 0 Å². The zero-order chi connectivity index (χ0) is 10.6. The van der Waals surface area contributed by atoms with E-state index in [-0.39, 0.29) is 4.90 Å². The Morgan fingerprint density at radius 3 is 2.21 bits per heavy atom. The van der Waals surface area contributed by atoms with Crippen molar-refractivity contribution in [2.75, 3.05) is 0 Å². The van der Waals surface area contributed by atoms with Crippen molar-refractivity contribution >= 4 is 10.1 Å². The van der Waals surface area contributed by atoms with Gasteiger partial charge in [0.1, 0.15) is 0 Å². The highest BCUT2D eigenvalue weighted by Crippen LogP contribution is 2.08. The van der Waals surface area contributed by atoms with Crippen LogP contribution in [0.2, 0.25) is 0 Å². The molecule has 0 saturated heterocycles. The van der Waals surface area contributed by atoms with E-state index in [0.29, 0.717) is 5.56 Å². The lowest BCUT2D eigenvalue weighted by molar-refractivity contribution is 0.483. The molecule has 0 saturated carbocycles. The van der Waals surface area contributed by atoms with E-state index in [2.05, 4.69) is 11.8 Å². The Morgan fingerprint density at radius 2 is 1.79 bits per heavy atom. The summed E-state index contributed by atoms with van der Waals surface area (Å²) < 4.78 is 29.9. The van der Waals surface area contributed by atoms with Crippen LogP contribution in [0.1, 0.15) is 5.56 Å². The van der Waals surface area contributed by atoms with Crippen molar-refractivity contribution in [3.63, 3.8) is 0 Å². The van der Waals surface area contributed by atoms with Crippen LogP contribution in [0.3, 0.4) is 0 Å². The Kier molecular flexibility index (Phi) is 2.88. The van der Waals surface area contributed by atoms with E-state index in [4.69, 9.17) is 9.81 Å². The van der Waals surface area contributed by atoms with Gasteiger partial charge in [0, 0.05) is 11.5 Å². The SMILES string of the molecule is N#CC#Cc1ccc(S(=O)(=O)O)cc1. The van der Waals surface area contributed by atoms with E-state index in [0.717, 1.165) is 0 Å². The molecule has 0 aliphatic carbocycles. The minimum Gasteiger partial charge on any atom is -0.282 e. The van der Waals surface area contributed by atoms with Gasteiger partial charge >= 0.3 is 0 Å². The van der Waals surface area contributed by atoms with E-state index in [1.165, 1.54) is 24.3 Å². The average molecular weight is 207 g/mol. The van der Waals surface area contributed by atoms with Gasteiger partial charge in [-0.2, -0.15) is 13.7 Å². The quantitative estimate of drug-likeness (QED) is 0.546. The topological polar surface area (TPSA) is 78.2 Å². The van der Waals surface area contributed by atoms with Gasteiger partial charge in [-0.1, -0.05) is 5.92 Å². The van der Waals surface area contributed by atoms with Gasteiger partial charge in [0.2, 0.25) is 0 Å². The van der Waals surface area contributed by atoms with E-state index in [1.54, 1.807) is 6.07 Å². The number of hydrogen-bond acceptors (Lipinski definition) is 3. The molecule has 0 spiro atoms. The fourth-order valence-electron chi connectivity index (χ4n) is 0.810. The summed E-state index contributed by atoms with van der Waals surface area (Å²) in [5, 5.41) is 8.15. The molecule has 0 aliphatic heterocycles. The molecule has 0 aliphatic rings. The second-order valence-electron chi connectivity index (χ2n) is 2.36. The minimum absolute atomic E-state index is 0.194. The number of hydrogen-bond donors (Lipinski definition) is 1. The molecule has 14 heavy (non-hydrogen) atoms. The van der Waals surface area contributed by atoms with Crippen LogP contribution in [0, 0.1) is 23.2 Å². The van der Waals surface area contributed by atoms with Crippen molar-refractivity contribution in [3.8, 4) is 17.9 Å². The second-order valence-corrected chi connectivity index (χ2v) is 3.78. The van der Waals surface area contributed by atoms with Gasteiger partial charge < -0.3 is 0 Å². The summed E-state index contributed by atoms with van der Waals surface area (Å²) in [6.07, 6.45) is 0. The lowest BCUT2D eigenvalue weighted by Crippen LogP contribution is -1.97. The molecule has 0 amide bonds. The van der Waals surface area contributed by atoms with E-state index >= 15 is 0 Å². The Hall–Kier alpha value is -1.82. The average Bonchev–Trinajstić information content (AvgIpc) is 2.14. The van der Waals surface area contributed by atoms with Gasteiger partial charge in [-0.3, -0.25) is 4.55 Å². The highest BCUT2D eigenvalue weighted by Gasteiger charge is 2.07. The fourth-order valence-corrected chi connectivity index (χ4v) is 1.29. The fraction of sp³-hybridized carbons (Fsp3) is 0. The lowest BCUT2D eigenvalue weighted by atomic mass is 10.2. The lowest BCUT2D eigenvalue weighted by Gasteiger charge is -1.95. The van der Waals surface area contributed by atoms with Crippen molar-refractivity contribution < 1.29 is 13.0 Å². The maximum Gasteiger partial charge on any atom is 0.294 e. The maximum atomic E-state index is 10.6. The van der Waals surface area contributed by atoms with Gasteiger partial charge in [0.25, 0.3) is 10.1 Å². The molecule has 0 unspecified atom stereocenters. The molecule has 5 heteroatoms. The van der Waals surface area contributed by atoms with Crippen LogP contribution in [0.25, 0.3) is 0 Å². The summed E-state index contributed by atoms with van der Waals surface area (Å²) in [7, 11) is -4.15. The number of rotatable bonds is 1. The molecule has 0 heterocycles. The first-order chi connectivity index (χ1) is 6.54. The largest absolute Gasteiger partial charge is 0.294 e. The van der Waals surface area contributed by atoms with E-state index < -0.39 is 10.1 Å². The van der Waals surface area contributed by atoms with Crippen LogP contribution in [0.5, 0.6) is 0 Å². The van der Waals surface area contributed by atoms with Crippen molar-refractivity contribution in [1.29, 1.82) is 5.26 Å². The molecule has 1 rings (SSSR count). The number of benzene rings is 1. The third kappa shape index (κ3) is 2.60. The molecule has 0 atom stereocenters. The second kappa shape index (κ2) is 3.93. The minimum atomic E-state index is -4.15. The third-order valence-corrected chi connectivity index (χ3v) is 2.28. The van der Waals surface area contributed by atoms with Gasteiger partial charge in [-0.15, -0.1) is 0 Å². The zero-order valence-corrected chi connectivity index (χ0v) is 7.75. The first kappa shape index (κ1) is 10.3. The molecular formula is C9H5NO3S. The Morgan fingerprint density at radius 1 is 1.21 bits per heavy atom. The van der Waals surface area contributed by atoms with E-state index in [9.17, 15) is 8.42 Å². The number of nitriles is 1. The molecule has 0 bridgehead atoms. The highest BCUT2D eigenvalue weighted by molar-refractivity contribution is 7.85. The van der Waals surface area contributed by atoms with Gasteiger partial charge in [0.15, 0.2) is 6.07 Å². The molecule has 70 valence electrons. The van der Waals surface area contributed by atoms with Gasteiger partial charge in [-0.05, 0) is 24.3 Å². The smallest absolute Gasteiger partial charge is 0.282 e. The Labute approximate surface area is 81.5 Å². The normalized spacial score (nSPS) is 9.71. The van der Waals surface area contributed by atoms with Crippen molar-refractivity contribution in [2.45, 2.75) is 4.90 Å². The first-order valence-electron chi connectivity index (χ1n) is 3.52. The summed E-state index contributed by atoms with van der Waals surface area (Å²) in [6, 6.07) is 6.89. The van der Waals surface area contributed by atoms with Crippen molar-refractivity contribution in [3.05, 3.63) is 29.8 Å². The van der Waals surface area contributed by atoms with Crippen LogP contribution < -0.4 is 0 Å². The molecule has 1 aromatic carbocycles. The molecule has 0 radical (unpaired) electrons. The third-order valence-electron chi connectivity index (χ3n) is 1.41. The van der Waals surface area contributed by atoms with Crippen LogP contribution >= 0.6 is 0 Å².